The number of hydrogen-bond acceptors (Lipinski definition) is 3. The molecule has 25 heavy (non-hydrogen) atoms. The molecule has 1 aliphatic heterocycles. The van der Waals surface area contributed by atoms with Gasteiger partial charge in [-0.2, -0.15) is 0 Å². The zero-order valence-corrected chi connectivity index (χ0v) is 13.9. The zero-order chi connectivity index (χ0) is 17.4. The van der Waals surface area contributed by atoms with Gasteiger partial charge in [-0.3, -0.25) is 9.78 Å². The van der Waals surface area contributed by atoms with Crippen LogP contribution in [0.15, 0.2) is 48.8 Å². The number of aryl methyl sites for hydroxylation is 1. The van der Waals surface area contributed by atoms with Crippen molar-refractivity contribution in [3.05, 3.63) is 65.9 Å². The molecule has 0 unspecified atom stereocenters. The van der Waals surface area contributed by atoms with Crippen molar-refractivity contribution in [2.75, 3.05) is 19.7 Å². The summed E-state index contributed by atoms with van der Waals surface area (Å²) in [5.41, 5.74) is 2.39. The van der Waals surface area contributed by atoms with Gasteiger partial charge in [-0.05, 0) is 42.0 Å². The number of hydrogen-bond donors (Lipinski definition) is 0. The maximum Gasteiger partial charge on any atom is 0.270 e. The Morgan fingerprint density at radius 3 is 2.84 bits per heavy atom. The third kappa shape index (κ3) is 2.89. The van der Waals surface area contributed by atoms with E-state index >= 15 is 0 Å². The van der Waals surface area contributed by atoms with Crippen LogP contribution in [0.25, 0.3) is 10.9 Å². The van der Waals surface area contributed by atoms with Crippen LogP contribution in [0.4, 0.5) is 4.39 Å². The van der Waals surface area contributed by atoms with Crippen LogP contribution < -0.4 is 0 Å². The molecule has 0 saturated carbocycles. The van der Waals surface area contributed by atoms with Gasteiger partial charge in [-0.25, -0.2) is 4.39 Å². The van der Waals surface area contributed by atoms with Crippen LogP contribution in [0.1, 0.15) is 22.2 Å². The van der Waals surface area contributed by atoms with Gasteiger partial charge in [-0.1, -0.05) is 0 Å². The summed E-state index contributed by atoms with van der Waals surface area (Å²) in [7, 11) is 1.83. The number of carbonyl (C=O) groups is 1. The van der Waals surface area contributed by atoms with Gasteiger partial charge in [0.15, 0.2) is 0 Å². The molecule has 0 radical (unpaired) electrons. The molecular weight excluding hydrogens is 321 g/mol. The average Bonchev–Trinajstić information content (AvgIpc) is 2.98. The Morgan fingerprint density at radius 1 is 1.24 bits per heavy atom. The lowest BCUT2D eigenvalue weighted by atomic mass is 10.1. The number of morpholine rings is 1. The molecule has 1 aromatic carbocycles. The van der Waals surface area contributed by atoms with E-state index in [1.165, 1.54) is 12.1 Å². The lowest BCUT2D eigenvalue weighted by Crippen LogP contribution is -2.42. The lowest BCUT2D eigenvalue weighted by Gasteiger charge is -2.33. The van der Waals surface area contributed by atoms with Crippen LogP contribution in [0.3, 0.4) is 0 Å². The molecule has 3 heterocycles. The highest BCUT2D eigenvalue weighted by Gasteiger charge is 2.27. The smallest absolute Gasteiger partial charge is 0.270 e. The van der Waals surface area contributed by atoms with Crippen LogP contribution in [0.2, 0.25) is 0 Å². The Balaban J connectivity index is 1.61. The monoisotopic (exact) mass is 339 g/mol. The number of pyridine rings is 1. The van der Waals surface area contributed by atoms with Crippen molar-refractivity contribution >= 4 is 16.8 Å². The molecule has 0 aliphatic carbocycles. The Kier molecular flexibility index (Phi) is 3.97. The van der Waals surface area contributed by atoms with Crippen LogP contribution in [-0.2, 0) is 11.8 Å². The largest absolute Gasteiger partial charge is 0.370 e. The van der Waals surface area contributed by atoms with Crippen molar-refractivity contribution in [2.45, 2.75) is 6.10 Å². The number of carbonyl (C=O) groups excluding carboxylic acids is 1. The molecule has 1 aliphatic rings. The molecule has 4 rings (SSSR count). The average molecular weight is 339 g/mol. The summed E-state index contributed by atoms with van der Waals surface area (Å²) in [6.07, 6.45) is 3.28. The van der Waals surface area contributed by atoms with E-state index in [1.54, 1.807) is 29.4 Å². The highest BCUT2D eigenvalue weighted by Crippen LogP contribution is 2.25. The molecule has 0 N–H and O–H groups in total. The van der Waals surface area contributed by atoms with E-state index in [0.29, 0.717) is 25.4 Å². The standard InChI is InChI=1S/C19H18FN3O2/c1-22-16-3-2-15(20)10-14(16)11-17(22)19(24)23-8-9-25-18(12-23)13-4-6-21-7-5-13/h2-7,10-11,18H,8-9,12H2,1H3/t18-/m0/s1. The van der Waals surface area contributed by atoms with E-state index in [-0.39, 0.29) is 17.8 Å². The van der Waals surface area contributed by atoms with Crippen molar-refractivity contribution in [3.63, 3.8) is 0 Å². The molecule has 3 aromatic rings. The van der Waals surface area contributed by atoms with Crippen molar-refractivity contribution in [1.82, 2.24) is 14.5 Å². The summed E-state index contributed by atoms with van der Waals surface area (Å²) in [5, 5.41) is 0.727. The zero-order valence-electron chi connectivity index (χ0n) is 13.9. The maximum atomic E-state index is 13.4. The second-order valence-corrected chi connectivity index (χ2v) is 6.18. The van der Waals surface area contributed by atoms with Crippen molar-refractivity contribution in [3.8, 4) is 0 Å². The van der Waals surface area contributed by atoms with Crippen molar-refractivity contribution in [2.24, 2.45) is 7.05 Å². The Hall–Kier alpha value is -2.73. The molecule has 1 saturated heterocycles. The van der Waals surface area contributed by atoms with E-state index in [2.05, 4.69) is 4.98 Å². The van der Waals surface area contributed by atoms with Gasteiger partial charge in [0.2, 0.25) is 0 Å². The number of rotatable bonds is 2. The normalized spacial score (nSPS) is 17.8. The molecule has 2 aromatic heterocycles. The van der Waals surface area contributed by atoms with Crippen LogP contribution in [-0.4, -0.2) is 40.1 Å². The lowest BCUT2D eigenvalue weighted by molar-refractivity contribution is -0.0231. The van der Waals surface area contributed by atoms with Crippen molar-refractivity contribution in [1.29, 1.82) is 0 Å². The van der Waals surface area contributed by atoms with Gasteiger partial charge >= 0.3 is 0 Å². The van der Waals surface area contributed by atoms with Crippen molar-refractivity contribution < 1.29 is 13.9 Å². The summed E-state index contributed by atoms with van der Waals surface area (Å²) < 4.78 is 21.1. The van der Waals surface area contributed by atoms with Gasteiger partial charge in [0, 0.05) is 36.9 Å². The fourth-order valence-corrected chi connectivity index (χ4v) is 3.30. The fraction of sp³-hybridized carbons (Fsp3) is 0.263. The highest BCUT2D eigenvalue weighted by molar-refractivity contribution is 5.98. The van der Waals surface area contributed by atoms with Gasteiger partial charge < -0.3 is 14.2 Å². The summed E-state index contributed by atoms with van der Waals surface area (Å²) in [5.74, 6) is -0.373. The first-order valence-electron chi connectivity index (χ1n) is 8.19. The molecule has 0 spiro atoms. The topological polar surface area (TPSA) is 47.4 Å². The van der Waals surface area contributed by atoms with E-state index in [0.717, 1.165) is 16.5 Å². The highest BCUT2D eigenvalue weighted by atomic mass is 19.1. The fourth-order valence-electron chi connectivity index (χ4n) is 3.30. The number of benzene rings is 1. The summed E-state index contributed by atoms with van der Waals surface area (Å²) >= 11 is 0. The third-order valence-corrected chi connectivity index (χ3v) is 4.66. The Labute approximate surface area is 144 Å². The molecular formula is C19H18FN3O2. The predicted molar refractivity (Wildman–Crippen MR) is 91.7 cm³/mol. The summed E-state index contributed by atoms with van der Waals surface area (Å²) in [4.78, 5) is 18.8. The quantitative estimate of drug-likeness (QED) is 0.721. The van der Waals surface area contributed by atoms with Crippen LogP contribution >= 0.6 is 0 Å². The molecule has 1 atom stereocenters. The molecule has 5 nitrogen and oxygen atoms in total. The summed E-state index contributed by atoms with van der Waals surface area (Å²) in [6.45, 7) is 1.51. The van der Waals surface area contributed by atoms with Gasteiger partial charge in [0.25, 0.3) is 5.91 Å². The molecule has 128 valence electrons. The molecule has 6 heteroatoms. The second-order valence-electron chi connectivity index (χ2n) is 6.18. The first-order valence-corrected chi connectivity index (χ1v) is 8.19. The SMILES string of the molecule is Cn1c(C(=O)N2CCO[C@H](c3ccncc3)C2)cc2cc(F)ccc21. The van der Waals surface area contributed by atoms with E-state index < -0.39 is 0 Å². The Morgan fingerprint density at radius 2 is 2.04 bits per heavy atom. The number of aromatic nitrogens is 2. The van der Waals surface area contributed by atoms with Crippen LogP contribution in [0, 0.1) is 5.82 Å². The Bertz CT molecular complexity index is 923. The molecule has 1 fully saturated rings. The number of fused-ring (bicyclic) bond motifs is 1. The second kappa shape index (κ2) is 6.29. The maximum absolute atomic E-state index is 13.4. The van der Waals surface area contributed by atoms with Gasteiger partial charge in [-0.15, -0.1) is 0 Å². The predicted octanol–water partition coefficient (Wildman–Crippen LogP) is 2.93. The van der Waals surface area contributed by atoms with Gasteiger partial charge in [0.05, 0.1) is 13.2 Å². The van der Waals surface area contributed by atoms with Gasteiger partial charge in [0.1, 0.15) is 17.6 Å². The number of nitrogens with zero attached hydrogens (tertiary/aromatic N) is 3. The molecule has 0 bridgehead atoms. The molecule has 1 amide bonds. The van der Waals surface area contributed by atoms with E-state index in [9.17, 15) is 9.18 Å². The minimum absolute atomic E-state index is 0.0681. The minimum atomic E-state index is -0.304. The van der Waals surface area contributed by atoms with Crippen LogP contribution in [0.5, 0.6) is 0 Å². The third-order valence-electron chi connectivity index (χ3n) is 4.66. The first-order chi connectivity index (χ1) is 12.1. The number of ether oxygens (including phenoxy) is 1. The number of amides is 1. The van der Waals surface area contributed by atoms with E-state index in [4.69, 9.17) is 4.74 Å². The minimum Gasteiger partial charge on any atom is -0.370 e. The summed E-state index contributed by atoms with van der Waals surface area (Å²) in [6, 6.07) is 10.1. The van der Waals surface area contributed by atoms with E-state index in [1.807, 2.05) is 23.7 Å². The first kappa shape index (κ1) is 15.8. The number of halogens is 1.